The Morgan fingerprint density at radius 3 is 2.47 bits per heavy atom. The number of nitrogens with one attached hydrogen (secondary N) is 1. The first kappa shape index (κ1) is 20.4. The molecular formula is C24H29N3O3. The van der Waals surface area contributed by atoms with E-state index in [9.17, 15) is 14.4 Å². The van der Waals surface area contributed by atoms with Crippen molar-refractivity contribution in [1.82, 2.24) is 14.8 Å². The molecule has 0 aliphatic carbocycles. The van der Waals surface area contributed by atoms with E-state index in [4.69, 9.17) is 0 Å². The number of carbonyl (C=O) groups is 3. The second-order valence-corrected chi connectivity index (χ2v) is 8.72. The topological polar surface area (TPSA) is 73.5 Å². The van der Waals surface area contributed by atoms with E-state index >= 15 is 0 Å². The fourth-order valence-electron chi connectivity index (χ4n) is 5.02. The number of hydrogen-bond donors (Lipinski definition) is 1. The molecule has 1 unspecified atom stereocenters. The number of amides is 2. The Kier molecular flexibility index (Phi) is 5.26. The van der Waals surface area contributed by atoms with Crippen LogP contribution < -0.4 is 0 Å². The molecule has 1 aromatic heterocycles. The first-order valence-electron chi connectivity index (χ1n) is 10.6. The molecule has 3 heterocycles. The van der Waals surface area contributed by atoms with Gasteiger partial charge in [0.15, 0.2) is 5.78 Å². The van der Waals surface area contributed by atoms with Crippen LogP contribution in [0, 0.1) is 19.3 Å². The number of aromatic amines is 1. The van der Waals surface area contributed by atoms with Crippen molar-refractivity contribution >= 4 is 17.6 Å². The van der Waals surface area contributed by atoms with Gasteiger partial charge in [-0.25, -0.2) is 0 Å². The van der Waals surface area contributed by atoms with Crippen LogP contribution in [0.5, 0.6) is 0 Å². The van der Waals surface area contributed by atoms with Crippen molar-refractivity contribution in [2.75, 3.05) is 26.2 Å². The Morgan fingerprint density at radius 1 is 1.10 bits per heavy atom. The summed E-state index contributed by atoms with van der Waals surface area (Å²) in [4.78, 5) is 45.1. The summed E-state index contributed by atoms with van der Waals surface area (Å²) in [5.74, 6) is 0.0226. The Hall–Kier alpha value is -2.89. The van der Waals surface area contributed by atoms with E-state index in [1.165, 1.54) is 12.5 Å². The first-order chi connectivity index (χ1) is 14.3. The largest absolute Gasteiger partial charge is 0.355 e. The highest BCUT2D eigenvalue weighted by molar-refractivity contribution is 6.03. The van der Waals surface area contributed by atoms with Gasteiger partial charge < -0.3 is 14.8 Å². The second-order valence-electron chi connectivity index (χ2n) is 8.72. The van der Waals surface area contributed by atoms with Gasteiger partial charge in [0.25, 0.3) is 5.91 Å². The predicted molar refractivity (Wildman–Crippen MR) is 115 cm³/mol. The van der Waals surface area contributed by atoms with Gasteiger partial charge in [0.2, 0.25) is 5.91 Å². The van der Waals surface area contributed by atoms with Crippen molar-refractivity contribution in [3.8, 4) is 0 Å². The molecule has 1 atom stereocenters. The lowest BCUT2D eigenvalue weighted by Gasteiger charge is -2.24. The van der Waals surface area contributed by atoms with Crippen molar-refractivity contribution in [2.45, 2.75) is 40.0 Å². The average molecular weight is 408 g/mol. The molecule has 2 amide bonds. The highest BCUT2D eigenvalue weighted by atomic mass is 16.2. The Labute approximate surface area is 177 Å². The molecule has 0 radical (unpaired) electrons. The number of benzene rings is 1. The van der Waals surface area contributed by atoms with Gasteiger partial charge in [0.05, 0.1) is 16.7 Å². The smallest absolute Gasteiger partial charge is 0.255 e. The summed E-state index contributed by atoms with van der Waals surface area (Å²) in [6, 6.07) is 10.2. The van der Waals surface area contributed by atoms with Gasteiger partial charge in [-0.15, -0.1) is 0 Å². The molecule has 2 aliphatic rings. The number of H-pyrrole nitrogens is 1. The lowest BCUT2D eigenvalue weighted by molar-refractivity contribution is -0.135. The molecule has 1 N–H and O–H groups in total. The maximum Gasteiger partial charge on any atom is 0.255 e. The van der Waals surface area contributed by atoms with Crippen molar-refractivity contribution in [1.29, 1.82) is 0 Å². The molecule has 1 spiro atoms. The number of aromatic nitrogens is 1. The Bertz CT molecular complexity index is 995. The highest BCUT2D eigenvalue weighted by Crippen LogP contribution is 2.41. The summed E-state index contributed by atoms with van der Waals surface area (Å²) in [5.41, 5.74) is 3.26. The minimum Gasteiger partial charge on any atom is -0.355 e. The lowest BCUT2D eigenvalue weighted by Crippen LogP contribution is -2.39. The number of likely N-dealkylation sites (tertiary alicyclic amines) is 2. The molecule has 6 nitrogen and oxygen atoms in total. The zero-order chi connectivity index (χ0) is 21.5. The van der Waals surface area contributed by atoms with Crippen LogP contribution in [0.25, 0.3) is 0 Å². The molecule has 1 aromatic carbocycles. The van der Waals surface area contributed by atoms with Crippen molar-refractivity contribution in [3.63, 3.8) is 0 Å². The molecule has 4 rings (SSSR count). The molecule has 2 fully saturated rings. The SMILES string of the molecule is CC(=O)c1[nH]c(C)c(C(=O)N2CCC3(CCN(CCc4ccccc4)C3=O)C2)c1C. The number of carbonyl (C=O) groups excluding carboxylic acids is 3. The molecule has 30 heavy (non-hydrogen) atoms. The third-order valence-electron chi connectivity index (χ3n) is 6.76. The summed E-state index contributed by atoms with van der Waals surface area (Å²) >= 11 is 0. The number of aryl methyl sites for hydroxylation is 1. The van der Waals surface area contributed by atoms with E-state index in [-0.39, 0.29) is 17.6 Å². The number of ketones is 1. The minimum atomic E-state index is -0.451. The number of nitrogens with zero attached hydrogens (tertiary/aromatic N) is 2. The van der Waals surface area contributed by atoms with Crippen LogP contribution >= 0.6 is 0 Å². The van der Waals surface area contributed by atoms with E-state index in [1.807, 2.05) is 36.9 Å². The van der Waals surface area contributed by atoms with Crippen molar-refractivity contribution in [2.24, 2.45) is 5.41 Å². The second kappa shape index (κ2) is 7.74. The maximum absolute atomic E-state index is 13.2. The average Bonchev–Trinajstić information content (AvgIpc) is 3.39. The van der Waals surface area contributed by atoms with E-state index < -0.39 is 5.41 Å². The van der Waals surface area contributed by atoms with Crippen LogP contribution in [0.15, 0.2) is 30.3 Å². The van der Waals surface area contributed by atoms with Crippen molar-refractivity contribution < 1.29 is 14.4 Å². The summed E-state index contributed by atoms with van der Waals surface area (Å²) in [5, 5.41) is 0. The van der Waals surface area contributed by atoms with E-state index in [2.05, 4.69) is 17.1 Å². The molecule has 0 bridgehead atoms. The molecule has 158 valence electrons. The third-order valence-corrected chi connectivity index (χ3v) is 6.76. The van der Waals surface area contributed by atoms with Crippen LogP contribution in [0.2, 0.25) is 0 Å². The van der Waals surface area contributed by atoms with Gasteiger partial charge in [-0.2, -0.15) is 0 Å². The molecule has 6 heteroatoms. The van der Waals surface area contributed by atoms with Crippen LogP contribution in [0.4, 0.5) is 0 Å². The van der Waals surface area contributed by atoms with Gasteiger partial charge in [-0.1, -0.05) is 30.3 Å². The van der Waals surface area contributed by atoms with Crippen LogP contribution in [0.1, 0.15) is 57.4 Å². The fourth-order valence-corrected chi connectivity index (χ4v) is 5.02. The number of rotatable bonds is 5. The quantitative estimate of drug-likeness (QED) is 0.774. The Balaban J connectivity index is 1.44. The van der Waals surface area contributed by atoms with Crippen LogP contribution in [-0.2, 0) is 11.2 Å². The number of Topliss-reactive ketones (excluding diaryl/α,β-unsaturated/α-hetero) is 1. The lowest BCUT2D eigenvalue weighted by atomic mass is 9.85. The predicted octanol–water partition coefficient (Wildman–Crippen LogP) is 3.14. The normalized spacial score (nSPS) is 21.1. The van der Waals surface area contributed by atoms with E-state index in [1.54, 1.807) is 4.90 Å². The van der Waals surface area contributed by atoms with Crippen LogP contribution in [-0.4, -0.2) is 58.6 Å². The van der Waals surface area contributed by atoms with E-state index in [0.29, 0.717) is 42.0 Å². The summed E-state index contributed by atoms with van der Waals surface area (Å²) < 4.78 is 0. The zero-order valence-electron chi connectivity index (χ0n) is 18.0. The minimum absolute atomic E-state index is 0.0763. The Morgan fingerprint density at radius 2 is 1.80 bits per heavy atom. The summed E-state index contributed by atoms with van der Waals surface area (Å²) in [6.45, 7) is 7.65. The maximum atomic E-state index is 13.2. The van der Waals surface area contributed by atoms with E-state index in [0.717, 1.165) is 25.9 Å². The van der Waals surface area contributed by atoms with Gasteiger partial charge in [-0.3, -0.25) is 14.4 Å². The van der Waals surface area contributed by atoms with Gasteiger partial charge in [0.1, 0.15) is 0 Å². The molecular weight excluding hydrogens is 378 g/mol. The third kappa shape index (κ3) is 3.44. The fraction of sp³-hybridized carbons (Fsp3) is 0.458. The molecule has 2 saturated heterocycles. The summed E-state index contributed by atoms with van der Waals surface area (Å²) in [7, 11) is 0. The first-order valence-corrected chi connectivity index (χ1v) is 10.6. The van der Waals surface area contributed by atoms with Crippen molar-refractivity contribution in [3.05, 3.63) is 58.4 Å². The monoisotopic (exact) mass is 407 g/mol. The number of hydrogen-bond acceptors (Lipinski definition) is 3. The van der Waals surface area contributed by atoms with Crippen LogP contribution in [0.3, 0.4) is 0 Å². The van der Waals surface area contributed by atoms with Gasteiger partial charge in [-0.05, 0) is 44.2 Å². The summed E-state index contributed by atoms with van der Waals surface area (Å²) in [6.07, 6.45) is 2.36. The standard InChI is InChI=1S/C24H29N3O3/c1-16-20(17(2)25-21(16)18(3)28)22(29)27-14-11-24(15-27)10-13-26(23(24)30)12-9-19-7-5-4-6-8-19/h4-8,25H,9-15H2,1-3H3. The van der Waals surface area contributed by atoms with Gasteiger partial charge in [0, 0.05) is 38.8 Å². The molecule has 0 saturated carbocycles. The molecule has 2 aromatic rings. The molecule has 2 aliphatic heterocycles. The van der Waals surface area contributed by atoms with Gasteiger partial charge >= 0.3 is 0 Å². The zero-order valence-corrected chi connectivity index (χ0v) is 18.0. The highest BCUT2D eigenvalue weighted by Gasteiger charge is 2.51.